The Hall–Kier alpha value is -1.11. The van der Waals surface area contributed by atoms with Crippen molar-refractivity contribution in [2.75, 3.05) is 39.3 Å². The van der Waals surface area contributed by atoms with Crippen LogP contribution in [0.5, 0.6) is 0 Å². The lowest BCUT2D eigenvalue weighted by Crippen LogP contribution is -2.57. The normalized spacial score (nSPS) is 29.2. The molecular weight excluding hydrogens is 288 g/mol. The summed E-state index contributed by atoms with van der Waals surface area (Å²) in [6, 6.07) is 5.71. The maximum atomic E-state index is 14.6. The van der Waals surface area contributed by atoms with Crippen LogP contribution in [0.15, 0.2) is 24.4 Å². The van der Waals surface area contributed by atoms with Crippen LogP contribution in [-0.2, 0) is 6.54 Å². The first-order chi connectivity index (χ1) is 10.5. The lowest BCUT2D eigenvalue weighted by molar-refractivity contribution is -0.162. The van der Waals surface area contributed by atoms with Gasteiger partial charge in [0, 0.05) is 45.3 Å². The lowest BCUT2D eigenvalue weighted by atomic mass is 9.75. The van der Waals surface area contributed by atoms with Crippen molar-refractivity contribution in [1.29, 1.82) is 0 Å². The van der Waals surface area contributed by atoms with E-state index in [9.17, 15) is 8.78 Å². The standard InChI is InChI=1S/C16H23F2N3O/c17-16(18)5-8-20(9-10-22)12-15(16)4-7-21(13-15)11-14-3-1-2-6-19-14/h1-3,6,22H,4-5,7-13H2/t15-/m1/s1. The highest BCUT2D eigenvalue weighted by atomic mass is 19.3. The molecule has 1 atom stereocenters. The minimum atomic E-state index is -2.63. The predicted molar refractivity (Wildman–Crippen MR) is 79.7 cm³/mol. The van der Waals surface area contributed by atoms with Crippen molar-refractivity contribution < 1.29 is 13.9 Å². The van der Waals surface area contributed by atoms with Crippen LogP contribution in [0.2, 0.25) is 0 Å². The average Bonchev–Trinajstić information content (AvgIpc) is 2.89. The Labute approximate surface area is 129 Å². The molecule has 4 nitrogen and oxygen atoms in total. The summed E-state index contributed by atoms with van der Waals surface area (Å²) in [7, 11) is 0. The summed E-state index contributed by atoms with van der Waals surface area (Å²) < 4.78 is 29.1. The first-order valence-corrected chi connectivity index (χ1v) is 7.88. The first-order valence-electron chi connectivity index (χ1n) is 7.88. The zero-order valence-electron chi connectivity index (χ0n) is 12.7. The molecule has 0 amide bonds. The number of aliphatic hydroxyl groups excluding tert-OH is 1. The molecule has 0 radical (unpaired) electrons. The zero-order chi connectivity index (χ0) is 15.6. The van der Waals surface area contributed by atoms with Crippen LogP contribution in [0.4, 0.5) is 8.78 Å². The van der Waals surface area contributed by atoms with E-state index < -0.39 is 11.3 Å². The third-order valence-electron chi connectivity index (χ3n) is 5.01. The highest BCUT2D eigenvalue weighted by Crippen LogP contribution is 2.49. The Bertz CT molecular complexity index is 499. The van der Waals surface area contributed by atoms with E-state index in [1.54, 1.807) is 6.20 Å². The Morgan fingerprint density at radius 2 is 1.91 bits per heavy atom. The van der Waals surface area contributed by atoms with Gasteiger partial charge in [0.2, 0.25) is 0 Å². The molecule has 2 aliphatic rings. The van der Waals surface area contributed by atoms with Gasteiger partial charge in [-0.1, -0.05) is 6.07 Å². The molecule has 3 rings (SSSR count). The number of aliphatic hydroxyl groups is 1. The number of β-amino-alcohol motifs (C(OH)–C–C–N with tert-alkyl or cyclic N) is 1. The van der Waals surface area contributed by atoms with Crippen molar-refractivity contribution in [1.82, 2.24) is 14.8 Å². The van der Waals surface area contributed by atoms with Gasteiger partial charge in [0.05, 0.1) is 17.7 Å². The summed E-state index contributed by atoms with van der Waals surface area (Å²) in [5.74, 6) is -2.63. The van der Waals surface area contributed by atoms with Gasteiger partial charge in [-0.3, -0.25) is 9.88 Å². The fourth-order valence-electron chi connectivity index (χ4n) is 3.76. The molecule has 0 saturated carbocycles. The molecular formula is C16H23F2N3O. The molecule has 0 aromatic carbocycles. The second kappa shape index (κ2) is 6.18. The topological polar surface area (TPSA) is 39.6 Å². The van der Waals surface area contributed by atoms with Crippen LogP contribution < -0.4 is 0 Å². The molecule has 3 heterocycles. The number of hydrogen-bond acceptors (Lipinski definition) is 4. The summed E-state index contributed by atoms with van der Waals surface area (Å²) in [5.41, 5.74) is -0.0549. The molecule has 2 saturated heterocycles. The van der Waals surface area contributed by atoms with Gasteiger partial charge in [-0.2, -0.15) is 0 Å². The molecule has 1 N–H and O–H groups in total. The molecule has 2 fully saturated rings. The van der Waals surface area contributed by atoms with Crippen LogP contribution in [-0.4, -0.2) is 65.1 Å². The van der Waals surface area contributed by atoms with Crippen molar-refractivity contribution in [3.05, 3.63) is 30.1 Å². The third-order valence-corrected chi connectivity index (χ3v) is 5.01. The number of alkyl halides is 2. The van der Waals surface area contributed by atoms with E-state index in [0.29, 0.717) is 45.7 Å². The number of rotatable bonds is 4. The number of aromatic nitrogens is 1. The van der Waals surface area contributed by atoms with Gasteiger partial charge in [-0.25, -0.2) is 8.78 Å². The summed E-state index contributed by atoms with van der Waals surface area (Å²) in [6.45, 7) is 2.96. The third kappa shape index (κ3) is 3.00. The summed E-state index contributed by atoms with van der Waals surface area (Å²) in [4.78, 5) is 8.34. The Balaban J connectivity index is 1.69. The van der Waals surface area contributed by atoms with E-state index in [-0.39, 0.29) is 13.0 Å². The molecule has 22 heavy (non-hydrogen) atoms. The summed E-state index contributed by atoms with van der Waals surface area (Å²) in [5, 5.41) is 9.08. The number of hydrogen-bond donors (Lipinski definition) is 1. The number of likely N-dealkylation sites (tertiary alicyclic amines) is 2. The van der Waals surface area contributed by atoms with Crippen LogP contribution in [0.3, 0.4) is 0 Å². The van der Waals surface area contributed by atoms with Gasteiger partial charge in [0.25, 0.3) is 5.92 Å². The van der Waals surface area contributed by atoms with E-state index in [2.05, 4.69) is 9.88 Å². The lowest BCUT2D eigenvalue weighted by Gasteiger charge is -2.46. The van der Waals surface area contributed by atoms with Crippen molar-refractivity contribution >= 4 is 0 Å². The number of nitrogens with zero attached hydrogens (tertiary/aromatic N) is 3. The Morgan fingerprint density at radius 3 is 2.64 bits per heavy atom. The quantitative estimate of drug-likeness (QED) is 0.917. The molecule has 122 valence electrons. The zero-order valence-corrected chi connectivity index (χ0v) is 12.7. The van der Waals surface area contributed by atoms with Crippen molar-refractivity contribution in [3.8, 4) is 0 Å². The van der Waals surface area contributed by atoms with Crippen LogP contribution in [0.1, 0.15) is 18.5 Å². The highest BCUT2D eigenvalue weighted by molar-refractivity contribution is 5.08. The second-order valence-electron chi connectivity index (χ2n) is 6.52. The Kier molecular flexibility index (Phi) is 4.43. The van der Waals surface area contributed by atoms with Crippen molar-refractivity contribution in [2.24, 2.45) is 5.41 Å². The minimum absolute atomic E-state index is 0.0271. The molecule has 0 unspecified atom stereocenters. The highest BCUT2D eigenvalue weighted by Gasteiger charge is 2.58. The fraction of sp³-hybridized carbons (Fsp3) is 0.688. The molecule has 2 aliphatic heterocycles. The summed E-state index contributed by atoms with van der Waals surface area (Å²) >= 11 is 0. The van der Waals surface area contributed by atoms with Crippen molar-refractivity contribution in [3.63, 3.8) is 0 Å². The smallest absolute Gasteiger partial charge is 0.257 e. The molecule has 0 aliphatic carbocycles. The summed E-state index contributed by atoms with van der Waals surface area (Å²) in [6.07, 6.45) is 2.14. The van der Waals surface area contributed by atoms with Gasteiger partial charge >= 0.3 is 0 Å². The predicted octanol–water partition coefficient (Wildman–Crippen LogP) is 1.61. The van der Waals surface area contributed by atoms with E-state index in [1.165, 1.54) is 0 Å². The fourth-order valence-corrected chi connectivity index (χ4v) is 3.76. The molecule has 1 aromatic rings. The molecule has 6 heteroatoms. The number of halogens is 2. The largest absolute Gasteiger partial charge is 0.395 e. The van der Waals surface area contributed by atoms with E-state index >= 15 is 0 Å². The SMILES string of the molecule is OCCN1CCC(F)(F)[C@]2(CCN(Cc3ccccn3)C2)C1. The second-order valence-corrected chi connectivity index (χ2v) is 6.52. The number of pyridine rings is 1. The van der Waals surface area contributed by atoms with Gasteiger partial charge in [0.1, 0.15) is 0 Å². The van der Waals surface area contributed by atoms with Gasteiger partial charge in [-0.05, 0) is 25.1 Å². The minimum Gasteiger partial charge on any atom is -0.395 e. The maximum Gasteiger partial charge on any atom is 0.257 e. The van der Waals surface area contributed by atoms with Crippen molar-refractivity contribution in [2.45, 2.75) is 25.3 Å². The van der Waals surface area contributed by atoms with Crippen LogP contribution in [0, 0.1) is 5.41 Å². The van der Waals surface area contributed by atoms with E-state index in [4.69, 9.17) is 5.11 Å². The van der Waals surface area contributed by atoms with Crippen LogP contribution in [0.25, 0.3) is 0 Å². The monoisotopic (exact) mass is 311 g/mol. The van der Waals surface area contributed by atoms with Gasteiger partial charge < -0.3 is 10.0 Å². The van der Waals surface area contributed by atoms with E-state index in [0.717, 1.165) is 5.69 Å². The van der Waals surface area contributed by atoms with Gasteiger partial charge in [-0.15, -0.1) is 0 Å². The van der Waals surface area contributed by atoms with E-state index in [1.807, 2.05) is 23.1 Å². The molecule has 1 aromatic heterocycles. The Morgan fingerprint density at radius 1 is 1.14 bits per heavy atom. The maximum absolute atomic E-state index is 14.6. The first kappa shape index (κ1) is 15.8. The average molecular weight is 311 g/mol. The van der Waals surface area contributed by atoms with Crippen LogP contribution >= 0.6 is 0 Å². The number of piperidine rings is 1. The van der Waals surface area contributed by atoms with Gasteiger partial charge in [0.15, 0.2) is 0 Å². The molecule has 0 bridgehead atoms. The molecule has 1 spiro atoms.